The number of carbonyl (C=O) groups is 1. The minimum Gasteiger partial charge on any atom is -0.385 e. The lowest BCUT2D eigenvalue weighted by molar-refractivity contribution is -0.115. The summed E-state index contributed by atoms with van der Waals surface area (Å²) in [5.74, 6) is -0.422. The lowest BCUT2D eigenvalue weighted by Crippen LogP contribution is -2.19. The number of hydrogen-bond acceptors (Lipinski definition) is 5. The van der Waals surface area contributed by atoms with Crippen molar-refractivity contribution in [3.05, 3.63) is 29.8 Å². The Morgan fingerprint density at radius 2 is 1.90 bits per heavy atom. The van der Waals surface area contributed by atoms with E-state index in [9.17, 15) is 13.2 Å². The van der Waals surface area contributed by atoms with Crippen LogP contribution in [0.15, 0.2) is 24.3 Å². The Balaban J connectivity index is 2.39. The Morgan fingerprint density at radius 1 is 1.24 bits per heavy atom. The molecule has 0 aliphatic carbocycles. The molecule has 1 aromatic carbocycles. The first-order valence-corrected chi connectivity index (χ1v) is 8.57. The third kappa shape index (κ3) is 7.22. The van der Waals surface area contributed by atoms with Crippen molar-refractivity contribution in [1.82, 2.24) is 0 Å². The summed E-state index contributed by atoms with van der Waals surface area (Å²) >= 11 is 0. The van der Waals surface area contributed by atoms with Crippen molar-refractivity contribution in [2.45, 2.75) is 19.4 Å². The minimum atomic E-state index is -3.21. The predicted molar refractivity (Wildman–Crippen MR) is 82.7 cm³/mol. The average molecular weight is 314 g/mol. The van der Waals surface area contributed by atoms with E-state index in [0.717, 1.165) is 5.56 Å². The molecule has 0 aromatic heterocycles. The minimum absolute atomic E-state index is 0.0410. The van der Waals surface area contributed by atoms with Gasteiger partial charge in [0.05, 0.1) is 11.5 Å². The molecule has 0 aliphatic heterocycles. The number of anilines is 1. The van der Waals surface area contributed by atoms with Crippen LogP contribution in [0.4, 0.5) is 5.69 Å². The summed E-state index contributed by atoms with van der Waals surface area (Å²) in [6, 6.07) is 7.12. The van der Waals surface area contributed by atoms with Crippen LogP contribution in [0.2, 0.25) is 0 Å². The number of nitrogens with two attached hydrogens (primary N) is 1. The van der Waals surface area contributed by atoms with Crippen molar-refractivity contribution >= 4 is 21.4 Å². The smallest absolute Gasteiger partial charge is 0.225 e. The normalized spacial score (nSPS) is 11.3. The standard InChI is InChI=1S/C14H22N2O4S/c1-20-8-2-9-21(18,19)10-7-14(17)16-13-5-3-12(11-15)4-6-13/h3-6H,2,7-11,15H2,1H3,(H,16,17). The molecule has 0 heterocycles. The third-order valence-corrected chi connectivity index (χ3v) is 4.65. The molecular weight excluding hydrogens is 292 g/mol. The van der Waals surface area contributed by atoms with Gasteiger partial charge in [0.1, 0.15) is 0 Å². The first-order valence-electron chi connectivity index (χ1n) is 6.75. The van der Waals surface area contributed by atoms with Gasteiger partial charge in [0.25, 0.3) is 0 Å². The van der Waals surface area contributed by atoms with Crippen LogP contribution in [0.25, 0.3) is 0 Å². The summed E-state index contributed by atoms with van der Waals surface area (Å²) < 4.78 is 28.2. The number of ether oxygens (including phenoxy) is 1. The molecule has 0 spiro atoms. The van der Waals surface area contributed by atoms with Gasteiger partial charge in [-0.05, 0) is 24.1 Å². The largest absolute Gasteiger partial charge is 0.385 e. The number of benzene rings is 1. The topological polar surface area (TPSA) is 98.5 Å². The van der Waals surface area contributed by atoms with Gasteiger partial charge in [0, 0.05) is 32.4 Å². The maximum atomic E-state index is 11.7. The van der Waals surface area contributed by atoms with Crippen molar-refractivity contribution in [2.24, 2.45) is 5.73 Å². The van der Waals surface area contributed by atoms with Crippen molar-refractivity contribution in [3.8, 4) is 0 Å². The highest BCUT2D eigenvalue weighted by atomic mass is 32.2. The zero-order chi connectivity index (χ0) is 15.7. The van der Waals surface area contributed by atoms with Crippen molar-refractivity contribution in [3.63, 3.8) is 0 Å². The fourth-order valence-corrected chi connectivity index (χ4v) is 2.98. The monoisotopic (exact) mass is 314 g/mol. The Labute approximate surface area is 125 Å². The van der Waals surface area contributed by atoms with E-state index in [4.69, 9.17) is 10.5 Å². The van der Waals surface area contributed by atoms with Gasteiger partial charge in [-0.2, -0.15) is 0 Å². The number of methoxy groups -OCH3 is 1. The van der Waals surface area contributed by atoms with Crippen LogP contribution in [-0.2, 0) is 25.9 Å². The van der Waals surface area contributed by atoms with E-state index < -0.39 is 9.84 Å². The molecule has 7 heteroatoms. The van der Waals surface area contributed by atoms with Crippen LogP contribution in [0.3, 0.4) is 0 Å². The summed E-state index contributed by atoms with van der Waals surface area (Å²) in [5, 5.41) is 2.66. The van der Waals surface area contributed by atoms with Gasteiger partial charge >= 0.3 is 0 Å². The molecular formula is C14H22N2O4S. The lowest BCUT2D eigenvalue weighted by Gasteiger charge is -2.07. The summed E-state index contributed by atoms with van der Waals surface area (Å²) in [6.45, 7) is 0.840. The van der Waals surface area contributed by atoms with E-state index >= 15 is 0 Å². The Morgan fingerprint density at radius 3 is 2.48 bits per heavy atom. The molecule has 0 saturated carbocycles. The van der Waals surface area contributed by atoms with Crippen LogP contribution in [0, 0.1) is 0 Å². The van der Waals surface area contributed by atoms with E-state index in [1.807, 2.05) is 12.1 Å². The van der Waals surface area contributed by atoms with E-state index in [0.29, 0.717) is 25.3 Å². The first-order chi connectivity index (χ1) is 9.96. The van der Waals surface area contributed by atoms with E-state index in [1.54, 1.807) is 12.1 Å². The number of rotatable bonds is 9. The Kier molecular flexibility index (Phi) is 7.35. The molecule has 0 fully saturated rings. The molecule has 1 rings (SSSR count). The second kappa shape index (κ2) is 8.76. The second-order valence-electron chi connectivity index (χ2n) is 4.70. The molecule has 21 heavy (non-hydrogen) atoms. The number of nitrogens with one attached hydrogen (secondary N) is 1. The SMILES string of the molecule is COCCCS(=O)(=O)CCC(=O)Nc1ccc(CN)cc1. The number of sulfone groups is 1. The number of hydrogen-bond donors (Lipinski definition) is 2. The quantitative estimate of drug-likeness (QED) is 0.661. The van der Waals surface area contributed by atoms with Crippen LogP contribution in [0.1, 0.15) is 18.4 Å². The molecule has 0 unspecified atom stereocenters. The first kappa shape index (κ1) is 17.6. The van der Waals surface area contributed by atoms with Crippen molar-refractivity contribution in [2.75, 3.05) is 30.5 Å². The summed E-state index contributed by atoms with van der Waals surface area (Å²) in [7, 11) is -1.69. The van der Waals surface area contributed by atoms with Crippen LogP contribution >= 0.6 is 0 Å². The van der Waals surface area contributed by atoms with E-state index in [2.05, 4.69) is 5.32 Å². The van der Waals surface area contributed by atoms with Crippen molar-refractivity contribution < 1.29 is 17.9 Å². The Bertz CT molecular complexity index is 541. The molecule has 6 nitrogen and oxygen atoms in total. The molecule has 0 bridgehead atoms. The van der Waals surface area contributed by atoms with Crippen LogP contribution in [0.5, 0.6) is 0 Å². The van der Waals surface area contributed by atoms with Gasteiger partial charge in [-0.15, -0.1) is 0 Å². The maximum Gasteiger partial charge on any atom is 0.225 e. The lowest BCUT2D eigenvalue weighted by atomic mass is 10.2. The molecule has 0 aliphatic rings. The molecule has 0 radical (unpaired) electrons. The van der Waals surface area contributed by atoms with Gasteiger partial charge in [-0.25, -0.2) is 8.42 Å². The van der Waals surface area contributed by atoms with Crippen LogP contribution < -0.4 is 11.1 Å². The van der Waals surface area contributed by atoms with Gasteiger partial charge < -0.3 is 15.8 Å². The third-order valence-electron chi connectivity index (χ3n) is 2.92. The highest BCUT2D eigenvalue weighted by molar-refractivity contribution is 7.91. The predicted octanol–water partition coefficient (Wildman–Crippen LogP) is 0.925. The Hall–Kier alpha value is -1.44. The average Bonchev–Trinajstić information content (AvgIpc) is 2.46. The second-order valence-corrected chi connectivity index (χ2v) is 7.00. The van der Waals surface area contributed by atoms with E-state index in [-0.39, 0.29) is 23.8 Å². The zero-order valence-corrected chi connectivity index (χ0v) is 13.0. The number of carbonyl (C=O) groups excluding carboxylic acids is 1. The van der Waals surface area contributed by atoms with Gasteiger partial charge in [-0.1, -0.05) is 12.1 Å². The molecule has 1 amide bonds. The van der Waals surface area contributed by atoms with Crippen molar-refractivity contribution in [1.29, 1.82) is 0 Å². The fourth-order valence-electron chi connectivity index (χ4n) is 1.72. The summed E-state index contributed by atoms with van der Waals surface area (Å²) in [4.78, 5) is 11.7. The fraction of sp³-hybridized carbons (Fsp3) is 0.500. The molecule has 0 atom stereocenters. The zero-order valence-electron chi connectivity index (χ0n) is 12.2. The molecule has 118 valence electrons. The summed E-state index contributed by atoms with van der Waals surface area (Å²) in [6.07, 6.45) is 0.398. The van der Waals surface area contributed by atoms with Crippen LogP contribution in [-0.4, -0.2) is 39.5 Å². The molecule has 3 N–H and O–H groups in total. The summed E-state index contributed by atoms with van der Waals surface area (Å²) in [5.41, 5.74) is 7.08. The van der Waals surface area contributed by atoms with Gasteiger partial charge in [0.2, 0.25) is 5.91 Å². The highest BCUT2D eigenvalue weighted by Gasteiger charge is 2.13. The highest BCUT2D eigenvalue weighted by Crippen LogP contribution is 2.09. The van der Waals surface area contributed by atoms with Gasteiger partial charge in [-0.3, -0.25) is 4.79 Å². The molecule has 1 aromatic rings. The maximum absolute atomic E-state index is 11.7. The van der Waals surface area contributed by atoms with Gasteiger partial charge in [0.15, 0.2) is 9.84 Å². The number of amides is 1. The molecule has 0 saturated heterocycles. The van der Waals surface area contributed by atoms with E-state index in [1.165, 1.54) is 7.11 Å².